The van der Waals surface area contributed by atoms with Gasteiger partial charge in [0.1, 0.15) is 0 Å². The van der Waals surface area contributed by atoms with Crippen molar-refractivity contribution in [2.75, 3.05) is 30.4 Å². The quantitative estimate of drug-likeness (QED) is 0.450. The lowest BCUT2D eigenvalue weighted by atomic mass is 10.0. The highest BCUT2D eigenvalue weighted by atomic mass is 16.2. The lowest BCUT2D eigenvalue weighted by molar-refractivity contribution is -0.128. The SMILES string of the molecule is CCN(CCn1c(NC(=O)c2ccc(C#N)cc2)nc2cc(N(C)C(=O)CC3CCCC3)ccc21)C(C)=O. The number of nitriles is 1. The van der Waals surface area contributed by atoms with Gasteiger partial charge in [0, 0.05) is 51.3 Å². The van der Waals surface area contributed by atoms with Gasteiger partial charge in [-0.3, -0.25) is 19.7 Å². The highest BCUT2D eigenvalue weighted by Crippen LogP contribution is 2.30. The van der Waals surface area contributed by atoms with Crippen molar-refractivity contribution in [1.29, 1.82) is 5.26 Å². The molecule has 1 aliphatic carbocycles. The van der Waals surface area contributed by atoms with Gasteiger partial charge >= 0.3 is 0 Å². The van der Waals surface area contributed by atoms with E-state index in [-0.39, 0.29) is 17.7 Å². The van der Waals surface area contributed by atoms with Crippen LogP contribution in [-0.4, -0.2) is 52.3 Å². The van der Waals surface area contributed by atoms with E-state index in [4.69, 9.17) is 10.2 Å². The molecule has 0 spiro atoms. The maximum absolute atomic E-state index is 13.0. The summed E-state index contributed by atoms with van der Waals surface area (Å²) in [6, 6.07) is 14.1. The molecule has 1 heterocycles. The van der Waals surface area contributed by atoms with E-state index in [2.05, 4.69) is 5.32 Å². The Balaban J connectivity index is 1.62. The Morgan fingerprint density at radius 1 is 1.13 bits per heavy atom. The third-order valence-corrected chi connectivity index (χ3v) is 7.35. The molecule has 0 radical (unpaired) electrons. The number of fused-ring (bicyclic) bond motifs is 1. The highest BCUT2D eigenvalue weighted by molar-refractivity contribution is 6.04. The number of nitrogens with zero attached hydrogens (tertiary/aromatic N) is 5. The van der Waals surface area contributed by atoms with Gasteiger partial charge in [-0.2, -0.15) is 5.26 Å². The van der Waals surface area contributed by atoms with Crippen LogP contribution < -0.4 is 10.2 Å². The Morgan fingerprint density at radius 3 is 2.47 bits per heavy atom. The molecule has 0 saturated heterocycles. The molecule has 3 aromatic rings. The van der Waals surface area contributed by atoms with Crippen LogP contribution >= 0.6 is 0 Å². The first kappa shape index (κ1) is 26.9. The first-order valence-electron chi connectivity index (χ1n) is 13.1. The van der Waals surface area contributed by atoms with E-state index in [1.165, 1.54) is 19.8 Å². The van der Waals surface area contributed by atoms with Gasteiger partial charge in [0.05, 0.1) is 22.7 Å². The maximum Gasteiger partial charge on any atom is 0.257 e. The van der Waals surface area contributed by atoms with Crippen LogP contribution in [-0.2, 0) is 16.1 Å². The van der Waals surface area contributed by atoms with E-state index < -0.39 is 0 Å². The van der Waals surface area contributed by atoms with E-state index in [1.54, 1.807) is 41.1 Å². The number of benzene rings is 2. The number of anilines is 2. The highest BCUT2D eigenvalue weighted by Gasteiger charge is 2.22. The van der Waals surface area contributed by atoms with Gasteiger partial charge in [-0.05, 0) is 68.1 Å². The molecule has 1 aliphatic rings. The summed E-state index contributed by atoms with van der Waals surface area (Å²) < 4.78 is 1.88. The number of likely N-dealkylation sites (N-methyl/N-ethyl adjacent to an activating group) is 1. The summed E-state index contributed by atoms with van der Waals surface area (Å²) in [5, 5.41) is 11.9. The molecule has 1 saturated carbocycles. The van der Waals surface area contributed by atoms with Crippen molar-refractivity contribution in [3.05, 3.63) is 53.6 Å². The van der Waals surface area contributed by atoms with Crippen LogP contribution in [0.15, 0.2) is 42.5 Å². The standard InChI is InChI=1S/C29H34N6O3/c1-4-34(20(2)36)15-16-35-26-14-13-24(33(3)27(37)17-21-7-5-6-8-21)18-25(26)31-29(35)32-28(38)23-11-9-22(19-30)10-12-23/h9-14,18,21H,4-8,15-17H2,1-3H3,(H,31,32,38). The minimum atomic E-state index is -0.353. The number of hydrogen-bond acceptors (Lipinski definition) is 5. The van der Waals surface area contributed by atoms with Crippen molar-refractivity contribution in [3.8, 4) is 6.07 Å². The molecule has 0 unspecified atom stereocenters. The summed E-state index contributed by atoms with van der Waals surface area (Å²) in [4.78, 5) is 46.0. The van der Waals surface area contributed by atoms with Gasteiger partial charge in [0.2, 0.25) is 17.8 Å². The fourth-order valence-electron chi connectivity index (χ4n) is 5.02. The topological polar surface area (TPSA) is 111 Å². The van der Waals surface area contributed by atoms with Gasteiger partial charge in [-0.25, -0.2) is 4.98 Å². The monoisotopic (exact) mass is 514 g/mol. The Hall–Kier alpha value is -4.19. The zero-order valence-corrected chi connectivity index (χ0v) is 22.2. The predicted molar refractivity (Wildman–Crippen MR) is 147 cm³/mol. The second kappa shape index (κ2) is 11.9. The average molecular weight is 515 g/mol. The normalized spacial score (nSPS) is 13.3. The summed E-state index contributed by atoms with van der Waals surface area (Å²) in [6.45, 7) is 4.92. The number of carbonyl (C=O) groups is 3. The summed E-state index contributed by atoms with van der Waals surface area (Å²) >= 11 is 0. The maximum atomic E-state index is 13.0. The molecule has 38 heavy (non-hydrogen) atoms. The van der Waals surface area contributed by atoms with Crippen LogP contribution in [0.4, 0.5) is 11.6 Å². The lowest BCUT2D eigenvalue weighted by Gasteiger charge is -2.21. The van der Waals surface area contributed by atoms with E-state index in [9.17, 15) is 14.4 Å². The van der Waals surface area contributed by atoms with Gasteiger partial charge in [0.25, 0.3) is 5.91 Å². The molecular formula is C29H34N6O3. The van der Waals surface area contributed by atoms with Crippen molar-refractivity contribution in [3.63, 3.8) is 0 Å². The van der Waals surface area contributed by atoms with Crippen LogP contribution in [0.1, 0.15) is 61.9 Å². The van der Waals surface area contributed by atoms with Crippen molar-refractivity contribution < 1.29 is 14.4 Å². The van der Waals surface area contributed by atoms with Gasteiger partial charge in [-0.15, -0.1) is 0 Å². The molecule has 0 aliphatic heterocycles. The smallest absolute Gasteiger partial charge is 0.257 e. The van der Waals surface area contributed by atoms with E-state index in [0.29, 0.717) is 54.6 Å². The van der Waals surface area contributed by atoms with Crippen molar-refractivity contribution in [2.45, 2.75) is 52.5 Å². The Kier molecular flexibility index (Phi) is 8.41. The second-order valence-electron chi connectivity index (χ2n) is 9.81. The van der Waals surface area contributed by atoms with Gasteiger partial charge < -0.3 is 14.4 Å². The molecule has 1 aromatic heterocycles. The molecular weight excluding hydrogens is 480 g/mol. The minimum Gasteiger partial charge on any atom is -0.341 e. The molecule has 1 N–H and O–H groups in total. The van der Waals surface area contributed by atoms with Crippen LogP contribution in [0, 0.1) is 17.2 Å². The molecule has 0 bridgehead atoms. The van der Waals surface area contributed by atoms with Crippen LogP contribution in [0.5, 0.6) is 0 Å². The number of aromatic nitrogens is 2. The summed E-state index contributed by atoms with van der Waals surface area (Å²) in [5.41, 5.74) is 3.05. The summed E-state index contributed by atoms with van der Waals surface area (Å²) in [5.74, 6) is 0.523. The number of nitrogens with one attached hydrogen (secondary N) is 1. The van der Waals surface area contributed by atoms with Crippen molar-refractivity contribution in [1.82, 2.24) is 14.5 Å². The summed E-state index contributed by atoms with van der Waals surface area (Å²) in [6.07, 6.45) is 5.16. The molecule has 9 heteroatoms. The summed E-state index contributed by atoms with van der Waals surface area (Å²) in [7, 11) is 1.79. The number of rotatable bonds is 9. The first-order valence-corrected chi connectivity index (χ1v) is 13.1. The third-order valence-electron chi connectivity index (χ3n) is 7.35. The Morgan fingerprint density at radius 2 is 1.84 bits per heavy atom. The largest absolute Gasteiger partial charge is 0.341 e. The second-order valence-corrected chi connectivity index (χ2v) is 9.81. The number of amides is 3. The molecule has 2 aromatic carbocycles. The van der Waals surface area contributed by atoms with Gasteiger partial charge in [-0.1, -0.05) is 12.8 Å². The van der Waals surface area contributed by atoms with E-state index in [0.717, 1.165) is 24.0 Å². The predicted octanol–water partition coefficient (Wildman–Crippen LogP) is 4.57. The first-order chi connectivity index (χ1) is 18.3. The minimum absolute atomic E-state index is 0.0234. The van der Waals surface area contributed by atoms with Crippen LogP contribution in [0.2, 0.25) is 0 Å². The number of hydrogen-bond donors (Lipinski definition) is 1. The Labute approximate surface area is 223 Å². The third kappa shape index (κ3) is 6.02. The van der Waals surface area contributed by atoms with Gasteiger partial charge in [0.15, 0.2) is 0 Å². The molecule has 0 atom stereocenters. The van der Waals surface area contributed by atoms with E-state index in [1.807, 2.05) is 35.8 Å². The fraction of sp³-hybridized carbons (Fsp3) is 0.414. The fourth-order valence-corrected chi connectivity index (χ4v) is 5.02. The van der Waals surface area contributed by atoms with Crippen LogP contribution in [0.25, 0.3) is 11.0 Å². The Bertz CT molecular complexity index is 1370. The van der Waals surface area contributed by atoms with Crippen molar-refractivity contribution >= 4 is 40.4 Å². The van der Waals surface area contributed by atoms with Crippen LogP contribution in [0.3, 0.4) is 0 Å². The lowest BCUT2D eigenvalue weighted by Crippen LogP contribution is -2.32. The zero-order chi connectivity index (χ0) is 27.2. The molecule has 4 rings (SSSR count). The molecule has 198 valence electrons. The molecule has 3 amide bonds. The molecule has 9 nitrogen and oxygen atoms in total. The number of carbonyl (C=O) groups excluding carboxylic acids is 3. The average Bonchev–Trinajstić information content (AvgIpc) is 3.55. The molecule has 1 fully saturated rings. The van der Waals surface area contributed by atoms with E-state index >= 15 is 0 Å². The zero-order valence-electron chi connectivity index (χ0n) is 22.2. The van der Waals surface area contributed by atoms with Crippen molar-refractivity contribution in [2.24, 2.45) is 5.92 Å². The number of imidazole rings is 1.